The summed E-state index contributed by atoms with van der Waals surface area (Å²) in [5.41, 5.74) is 6.20. The summed E-state index contributed by atoms with van der Waals surface area (Å²) in [6.45, 7) is 0.200. The normalized spacial score (nSPS) is 11.1. The largest absolute Gasteiger partial charge is 0.480 e. The Kier molecular flexibility index (Phi) is 9.61. The third kappa shape index (κ3) is 7.88. The molecule has 0 aromatic heterocycles. The van der Waals surface area contributed by atoms with Crippen molar-refractivity contribution in [3.63, 3.8) is 0 Å². The Balaban J connectivity index is 0.00000361. The van der Waals surface area contributed by atoms with Gasteiger partial charge >= 0.3 is 12.1 Å². The minimum Gasteiger partial charge on any atom is -0.480 e. The fourth-order valence-electron chi connectivity index (χ4n) is 1.14. The van der Waals surface area contributed by atoms with Gasteiger partial charge in [-0.1, -0.05) is 30.3 Å². The molecule has 0 aliphatic rings. The smallest absolute Gasteiger partial charge is 0.408 e. The molecule has 0 bridgehead atoms. The number of aliphatic carboxylic acids is 1. The van der Waals surface area contributed by atoms with Crippen LogP contribution in [0.2, 0.25) is 0 Å². The van der Waals surface area contributed by atoms with Crippen molar-refractivity contribution in [1.82, 2.24) is 5.32 Å². The van der Waals surface area contributed by atoms with Crippen LogP contribution in [0.25, 0.3) is 0 Å². The lowest BCUT2D eigenvalue weighted by Gasteiger charge is -2.08. The molecular formula is C12H17ClN2O4S. The summed E-state index contributed by atoms with van der Waals surface area (Å²) < 4.78 is 4.97. The molecule has 8 heteroatoms. The van der Waals surface area contributed by atoms with E-state index in [1.165, 1.54) is 11.8 Å². The second-order valence-corrected chi connectivity index (χ2v) is 4.73. The van der Waals surface area contributed by atoms with Gasteiger partial charge in [0.15, 0.2) is 0 Å². The zero-order valence-electron chi connectivity index (χ0n) is 10.7. The van der Waals surface area contributed by atoms with E-state index >= 15 is 0 Å². The molecule has 20 heavy (non-hydrogen) atoms. The van der Waals surface area contributed by atoms with Crippen LogP contribution in [-0.2, 0) is 16.1 Å². The third-order valence-electron chi connectivity index (χ3n) is 2.15. The van der Waals surface area contributed by atoms with Crippen LogP contribution < -0.4 is 11.1 Å². The van der Waals surface area contributed by atoms with Crippen molar-refractivity contribution < 1.29 is 19.4 Å². The standard InChI is InChI=1S/C12H16N2O4S.ClH/c13-10(11(15)16)7-19-8-14-12(17)18-6-9-4-2-1-3-5-9;/h1-5,10H,6-8,13H2,(H,14,17)(H,15,16);1H/t10-;/m0./s1. The molecule has 0 saturated heterocycles. The number of benzene rings is 1. The molecule has 0 saturated carbocycles. The Bertz CT molecular complexity index is 419. The van der Waals surface area contributed by atoms with Crippen molar-refractivity contribution in [3.8, 4) is 0 Å². The summed E-state index contributed by atoms with van der Waals surface area (Å²) in [6.07, 6.45) is -0.541. The van der Waals surface area contributed by atoms with E-state index < -0.39 is 18.1 Å². The Morgan fingerprint density at radius 2 is 2.00 bits per heavy atom. The lowest BCUT2D eigenvalue weighted by atomic mass is 10.2. The lowest BCUT2D eigenvalue weighted by molar-refractivity contribution is -0.137. The van der Waals surface area contributed by atoms with Crippen molar-refractivity contribution in [2.45, 2.75) is 12.6 Å². The van der Waals surface area contributed by atoms with E-state index in [0.717, 1.165) is 5.56 Å². The number of hydrogen-bond donors (Lipinski definition) is 3. The Morgan fingerprint density at radius 3 is 2.60 bits per heavy atom. The van der Waals surface area contributed by atoms with Crippen molar-refractivity contribution in [3.05, 3.63) is 35.9 Å². The van der Waals surface area contributed by atoms with Crippen LogP contribution in [0.15, 0.2) is 30.3 Å². The predicted octanol–water partition coefficient (Wildman–Crippen LogP) is 1.44. The predicted molar refractivity (Wildman–Crippen MR) is 79.9 cm³/mol. The van der Waals surface area contributed by atoms with Crippen LogP contribution in [0.4, 0.5) is 4.79 Å². The number of carbonyl (C=O) groups excluding carboxylic acids is 1. The van der Waals surface area contributed by atoms with Gasteiger partial charge in [-0.3, -0.25) is 4.79 Å². The molecule has 1 rings (SSSR count). The van der Waals surface area contributed by atoms with E-state index in [2.05, 4.69) is 5.32 Å². The summed E-state index contributed by atoms with van der Waals surface area (Å²) >= 11 is 1.22. The van der Waals surface area contributed by atoms with Gasteiger partial charge in [-0.15, -0.1) is 24.2 Å². The average Bonchev–Trinajstić information content (AvgIpc) is 2.42. The van der Waals surface area contributed by atoms with Gasteiger partial charge in [-0.2, -0.15) is 0 Å². The SMILES string of the molecule is Cl.N[C@@H](CSCNC(=O)OCc1ccccc1)C(=O)O. The van der Waals surface area contributed by atoms with E-state index in [-0.39, 0.29) is 30.6 Å². The fraction of sp³-hybridized carbons (Fsp3) is 0.333. The Hall–Kier alpha value is -1.44. The van der Waals surface area contributed by atoms with Crippen LogP contribution in [0.3, 0.4) is 0 Å². The van der Waals surface area contributed by atoms with Crippen molar-refractivity contribution in [2.75, 3.05) is 11.6 Å². The molecule has 1 atom stereocenters. The van der Waals surface area contributed by atoms with Gasteiger partial charge in [0.25, 0.3) is 0 Å². The summed E-state index contributed by atoms with van der Waals surface area (Å²) in [5, 5.41) is 11.1. The van der Waals surface area contributed by atoms with Gasteiger partial charge in [0, 0.05) is 5.75 Å². The van der Waals surface area contributed by atoms with Crippen LogP contribution >= 0.6 is 24.2 Å². The molecule has 1 aromatic rings. The fourth-order valence-corrected chi connectivity index (χ4v) is 1.88. The maximum atomic E-state index is 11.3. The first-order chi connectivity index (χ1) is 9.09. The molecule has 0 heterocycles. The lowest BCUT2D eigenvalue weighted by Crippen LogP contribution is -2.33. The second-order valence-electron chi connectivity index (χ2n) is 3.70. The average molecular weight is 321 g/mol. The van der Waals surface area contributed by atoms with Gasteiger partial charge in [-0.05, 0) is 5.56 Å². The zero-order valence-corrected chi connectivity index (χ0v) is 12.3. The van der Waals surface area contributed by atoms with E-state index in [1.807, 2.05) is 30.3 Å². The van der Waals surface area contributed by atoms with Gasteiger partial charge in [0.2, 0.25) is 0 Å². The summed E-state index contributed by atoms with van der Waals surface area (Å²) in [7, 11) is 0. The number of carbonyl (C=O) groups is 2. The topological polar surface area (TPSA) is 102 Å². The number of amides is 1. The third-order valence-corrected chi connectivity index (χ3v) is 3.09. The first-order valence-electron chi connectivity index (χ1n) is 5.60. The highest BCUT2D eigenvalue weighted by molar-refractivity contribution is 7.99. The highest BCUT2D eigenvalue weighted by Crippen LogP contribution is 2.02. The van der Waals surface area contributed by atoms with E-state index in [4.69, 9.17) is 15.6 Å². The molecule has 1 amide bonds. The number of carboxylic acids is 1. The molecule has 1 aromatic carbocycles. The van der Waals surface area contributed by atoms with Gasteiger partial charge in [0.05, 0.1) is 5.88 Å². The van der Waals surface area contributed by atoms with Crippen LogP contribution in [0.5, 0.6) is 0 Å². The van der Waals surface area contributed by atoms with E-state index in [9.17, 15) is 9.59 Å². The number of thioether (sulfide) groups is 1. The highest BCUT2D eigenvalue weighted by atomic mass is 35.5. The van der Waals surface area contributed by atoms with Crippen LogP contribution in [0, 0.1) is 0 Å². The van der Waals surface area contributed by atoms with Gasteiger partial charge in [0.1, 0.15) is 12.6 Å². The molecule has 0 radical (unpaired) electrons. The number of nitrogens with one attached hydrogen (secondary N) is 1. The summed E-state index contributed by atoms with van der Waals surface area (Å²) in [6, 6.07) is 8.39. The monoisotopic (exact) mass is 320 g/mol. The number of ether oxygens (including phenoxy) is 1. The molecule has 0 fully saturated rings. The van der Waals surface area contributed by atoms with Crippen LogP contribution in [-0.4, -0.2) is 34.8 Å². The maximum absolute atomic E-state index is 11.3. The van der Waals surface area contributed by atoms with Gasteiger partial charge < -0.3 is 20.9 Å². The van der Waals surface area contributed by atoms with Crippen molar-refractivity contribution in [1.29, 1.82) is 0 Å². The molecule has 6 nitrogen and oxygen atoms in total. The van der Waals surface area contributed by atoms with Gasteiger partial charge in [-0.25, -0.2) is 4.79 Å². The highest BCUT2D eigenvalue weighted by Gasteiger charge is 2.11. The molecule has 0 aliphatic carbocycles. The number of nitrogens with two attached hydrogens (primary N) is 1. The second kappa shape index (κ2) is 10.4. The molecule has 0 aliphatic heterocycles. The number of carboxylic acid groups (broad SMARTS) is 1. The summed E-state index contributed by atoms with van der Waals surface area (Å²) in [4.78, 5) is 21.7. The number of hydrogen-bond acceptors (Lipinski definition) is 5. The minimum absolute atomic E-state index is 0. The first kappa shape index (κ1) is 18.6. The molecule has 0 unspecified atom stereocenters. The number of alkyl carbamates (subject to hydrolysis) is 1. The maximum Gasteiger partial charge on any atom is 0.408 e. The molecule has 0 spiro atoms. The van der Waals surface area contributed by atoms with E-state index in [1.54, 1.807) is 0 Å². The summed E-state index contributed by atoms with van der Waals surface area (Å²) in [5.74, 6) is -0.567. The molecule has 112 valence electrons. The molecular weight excluding hydrogens is 304 g/mol. The Morgan fingerprint density at radius 1 is 1.35 bits per heavy atom. The van der Waals surface area contributed by atoms with Crippen LogP contribution in [0.1, 0.15) is 5.56 Å². The zero-order chi connectivity index (χ0) is 14.1. The Labute approximate surface area is 127 Å². The molecule has 4 N–H and O–H groups in total. The number of halogens is 1. The van der Waals surface area contributed by atoms with E-state index in [0.29, 0.717) is 0 Å². The van der Waals surface area contributed by atoms with Crippen molar-refractivity contribution in [2.24, 2.45) is 5.73 Å². The minimum atomic E-state index is -1.06. The van der Waals surface area contributed by atoms with Crippen molar-refractivity contribution >= 4 is 36.2 Å². The number of rotatable bonds is 7. The quantitative estimate of drug-likeness (QED) is 0.519. The first-order valence-corrected chi connectivity index (χ1v) is 6.75.